The fourth-order valence-corrected chi connectivity index (χ4v) is 2.31. The second-order valence-corrected chi connectivity index (χ2v) is 4.81. The van der Waals surface area contributed by atoms with Gasteiger partial charge in [0.15, 0.2) is 0 Å². The number of hydrogen-bond acceptors (Lipinski definition) is 5. The fourth-order valence-electron chi connectivity index (χ4n) is 2.31. The van der Waals surface area contributed by atoms with Crippen molar-refractivity contribution >= 4 is 17.4 Å². The fraction of sp³-hybridized carbons (Fsp3) is 0.500. The molecule has 0 bridgehead atoms. The van der Waals surface area contributed by atoms with Crippen molar-refractivity contribution in [1.29, 1.82) is 0 Å². The van der Waals surface area contributed by atoms with Crippen molar-refractivity contribution in [2.75, 3.05) is 23.8 Å². The Balaban J connectivity index is 2.03. The van der Waals surface area contributed by atoms with Crippen molar-refractivity contribution in [2.45, 2.75) is 31.7 Å². The molecule has 102 valence electrons. The number of ketones is 1. The zero-order chi connectivity index (χ0) is 13.7. The van der Waals surface area contributed by atoms with E-state index in [9.17, 15) is 4.79 Å². The molecule has 0 unspecified atom stereocenters. The molecular formula is C14H20N4O. The second kappa shape index (κ2) is 6.31. The number of anilines is 2. The van der Waals surface area contributed by atoms with Gasteiger partial charge in [-0.1, -0.05) is 6.08 Å². The molecule has 5 nitrogen and oxygen atoms in total. The maximum atomic E-state index is 11.3. The van der Waals surface area contributed by atoms with E-state index in [1.165, 1.54) is 0 Å². The van der Waals surface area contributed by atoms with E-state index in [0.717, 1.165) is 24.5 Å². The Morgan fingerprint density at radius 1 is 1.47 bits per heavy atom. The van der Waals surface area contributed by atoms with Crippen LogP contribution in [0.25, 0.3) is 0 Å². The van der Waals surface area contributed by atoms with Crippen molar-refractivity contribution in [3.63, 3.8) is 0 Å². The topological polar surface area (TPSA) is 58.1 Å². The average molecular weight is 260 g/mol. The second-order valence-electron chi connectivity index (χ2n) is 4.81. The quantitative estimate of drug-likeness (QED) is 0.821. The highest BCUT2D eigenvalue weighted by molar-refractivity contribution is 5.79. The summed E-state index contributed by atoms with van der Waals surface area (Å²) in [6, 6.07) is 2.32. The van der Waals surface area contributed by atoms with Crippen LogP contribution in [0.1, 0.15) is 25.7 Å². The third-order valence-electron chi connectivity index (χ3n) is 3.50. The Morgan fingerprint density at radius 3 is 2.89 bits per heavy atom. The summed E-state index contributed by atoms with van der Waals surface area (Å²) < 4.78 is 0. The minimum atomic E-state index is 0.376. The molecule has 1 fully saturated rings. The van der Waals surface area contributed by atoms with Crippen LogP contribution in [-0.4, -0.2) is 35.4 Å². The number of rotatable bonds is 5. The van der Waals surface area contributed by atoms with E-state index >= 15 is 0 Å². The van der Waals surface area contributed by atoms with Gasteiger partial charge in [0, 0.05) is 38.5 Å². The molecule has 0 aromatic carbocycles. The molecule has 1 heterocycles. The number of aromatic nitrogens is 2. The van der Waals surface area contributed by atoms with E-state index in [1.807, 2.05) is 13.1 Å². The monoisotopic (exact) mass is 260 g/mol. The normalized spacial score (nSPS) is 16.2. The first-order valence-corrected chi connectivity index (χ1v) is 6.62. The Kier molecular flexibility index (Phi) is 4.49. The molecule has 19 heavy (non-hydrogen) atoms. The largest absolute Gasteiger partial charge is 0.366 e. The van der Waals surface area contributed by atoms with Crippen LogP contribution in [0.2, 0.25) is 0 Å². The highest BCUT2D eigenvalue weighted by atomic mass is 16.1. The number of nitrogens with one attached hydrogen (secondary N) is 1. The molecule has 5 heteroatoms. The van der Waals surface area contributed by atoms with Crippen LogP contribution < -0.4 is 10.2 Å². The lowest BCUT2D eigenvalue weighted by Crippen LogP contribution is -2.35. The van der Waals surface area contributed by atoms with Crippen LogP contribution in [0.3, 0.4) is 0 Å². The van der Waals surface area contributed by atoms with E-state index in [1.54, 1.807) is 12.4 Å². The number of Topliss-reactive ketones (excluding diaryl/α,β-unsaturated/α-hetero) is 1. The molecule has 1 aliphatic carbocycles. The standard InChI is InChI=1S/C14H20N4O/c1-3-8-15-13-9-14(17-10-16-13)18(2)11-4-6-12(19)7-5-11/h3,9-11H,1,4-8H2,2H3,(H,15,16,17). The zero-order valence-corrected chi connectivity index (χ0v) is 11.3. The van der Waals surface area contributed by atoms with Crippen LogP contribution in [0.4, 0.5) is 11.6 Å². The summed E-state index contributed by atoms with van der Waals surface area (Å²) in [7, 11) is 2.03. The average Bonchev–Trinajstić information content (AvgIpc) is 2.45. The summed E-state index contributed by atoms with van der Waals surface area (Å²) in [5, 5.41) is 3.15. The maximum absolute atomic E-state index is 11.3. The molecule has 0 aliphatic heterocycles. The van der Waals surface area contributed by atoms with Gasteiger partial charge in [-0.05, 0) is 12.8 Å². The van der Waals surface area contributed by atoms with Crippen molar-refractivity contribution in [1.82, 2.24) is 9.97 Å². The van der Waals surface area contributed by atoms with Gasteiger partial charge >= 0.3 is 0 Å². The van der Waals surface area contributed by atoms with Gasteiger partial charge in [-0.25, -0.2) is 9.97 Å². The molecule has 2 rings (SSSR count). The highest BCUT2D eigenvalue weighted by Gasteiger charge is 2.23. The molecule has 1 aromatic heterocycles. The Morgan fingerprint density at radius 2 is 2.21 bits per heavy atom. The number of hydrogen-bond donors (Lipinski definition) is 1. The van der Waals surface area contributed by atoms with E-state index < -0.39 is 0 Å². The molecule has 1 aromatic rings. The lowest BCUT2D eigenvalue weighted by atomic mass is 9.93. The first-order valence-electron chi connectivity index (χ1n) is 6.62. The van der Waals surface area contributed by atoms with Crippen LogP contribution in [0, 0.1) is 0 Å². The van der Waals surface area contributed by atoms with Crippen molar-refractivity contribution in [3.05, 3.63) is 25.0 Å². The van der Waals surface area contributed by atoms with Crippen molar-refractivity contribution in [3.8, 4) is 0 Å². The van der Waals surface area contributed by atoms with Gasteiger partial charge in [-0.2, -0.15) is 0 Å². The van der Waals surface area contributed by atoms with Crippen LogP contribution in [0.15, 0.2) is 25.0 Å². The molecule has 0 spiro atoms. The predicted molar refractivity (Wildman–Crippen MR) is 76.4 cm³/mol. The van der Waals surface area contributed by atoms with Gasteiger partial charge in [-0.15, -0.1) is 6.58 Å². The molecule has 0 amide bonds. The summed E-state index contributed by atoms with van der Waals surface area (Å²) >= 11 is 0. The third-order valence-corrected chi connectivity index (χ3v) is 3.50. The van der Waals surface area contributed by atoms with Gasteiger partial charge in [0.1, 0.15) is 23.7 Å². The van der Waals surface area contributed by atoms with Crippen LogP contribution in [-0.2, 0) is 4.79 Å². The molecule has 1 aliphatic rings. The summed E-state index contributed by atoms with van der Waals surface area (Å²) in [5.41, 5.74) is 0. The minimum Gasteiger partial charge on any atom is -0.366 e. The third kappa shape index (κ3) is 3.53. The lowest BCUT2D eigenvalue weighted by Gasteiger charge is -2.31. The minimum absolute atomic E-state index is 0.376. The zero-order valence-electron chi connectivity index (χ0n) is 11.3. The van der Waals surface area contributed by atoms with Gasteiger partial charge in [0.25, 0.3) is 0 Å². The lowest BCUT2D eigenvalue weighted by molar-refractivity contribution is -0.120. The smallest absolute Gasteiger partial charge is 0.134 e. The molecule has 1 saturated carbocycles. The summed E-state index contributed by atoms with van der Waals surface area (Å²) in [6.45, 7) is 4.34. The van der Waals surface area contributed by atoms with Gasteiger partial charge < -0.3 is 10.2 Å². The Labute approximate surface area is 113 Å². The number of carbonyl (C=O) groups is 1. The van der Waals surface area contributed by atoms with E-state index in [4.69, 9.17) is 0 Å². The summed E-state index contributed by atoms with van der Waals surface area (Å²) in [4.78, 5) is 21.9. The highest BCUT2D eigenvalue weighted by Crippen LogP contribution is 2.24. The molecule has 0 radical (unpaired) electrons. The van der Waals surface area contributed by atoms with Crippen molar-refractivity contribution < 1.29 is 4.79 Å². The van der Waals surface area contributed by atoms with Gasteiger partial charge in [0.05, 0.1) is 0 Å². The number of nitrogens with zero attached hydrogens (tertiary/aromatic N) is 3. The molecule has 0 saturated heterocycles. The van der Waals surface area contributed by atoms with E-state index in [2.05, 4.69) is 26.8 Å². The summed E-state index contributed by atoms with van der Waals surface area (Å²) in [6.07, 6.45) is 6.54. The van der Waals surface area contributed by atoms with E-state index in [0.29, 0.717) is 31.2 Å². The Bertz CT molecular complexity index is 451. The van der Waals surface area contributed by atoms with Gasteiger partial charge in [-0.3, -0.25) is 4.79 Å². The first-order chi connectivity index (χ1) is 9.20. The van der Waals surface area contributed by atoms with Crippen LogP contribution >= 0.6 is 0 Å². The maximum Gasteiger partial charge on any atom is 0.134 e. The van der Waals surface area contributed by atoms with Gasteiger partial charge in [0.2, 0.25) is 0 Å². The summed E-state index contributed by atoms with van der Waals surface area (Å²) in [5.74, 6) is 2.06. The van der Waals surface area contributed by atoms with E-state index in [-0.39, 0.29) is 0 Å². The SMILES string of the molecule is C=CCNc1cc(N(C)C2CCC(=O)CC2)ncn1. The number of carbonyl (C=O) groups excluding carboxylic acids is 1. The molecular weight excluding hydrogens is 240 g/mol. The van der Waals surface area contributed by atoms with Crippen LogP contribution in [0.5, 0.6) is 0 Å². The first kappa shape index (κ1) is 13.5. The van der Waals surface area contributed by atoms with Crippen molar-refractivity contribution in [2.24, 2.45) is 0 Å². The molecule has 0 atom stereocenters. The predicted octanol–water partition coefficient (Wildman–Crippen LogP) is 2.02. The Hall–Kier alpha value is -1.91. The molecule has 1 N–H and O–H groups in total.